The predicted octanol–water partition coefficient (Wildman–Crippen LogP) is 0.811. The number of aliphatic hydroxyl groups excluding tert-OH is 1. The normalized spacial score (nSPS) is 16.0. The molecule has 2 rings (SSSR count). The molecule has 1 aliphatic rings. The Hall–Kier alpha value is -1.45. The molecule has 0 aliphatic carbocycles. The van der Waals surface area contributed by atoms with Crippen LogP contribution in [0.4, 0.5) is 5.82 Å². The average Bonchev–Trinajstić information content (AvgIpc) is 3.08. The highest BCUT2D eigenvalue weighted by Crippen LogP contribution is 2.26. The van der Waals surface area contributed by atoms with Gasteiger partial charge in [0.2, 0.25) is 11.7 Å². The van der Waals surface area contributed by atoms with Crippen molar-refractivity contribution in [3.8, 4) is 5.88 Å². The fraction of sp³-hybridized carbons (Fsp3) is 0.800. The number of hydrogen-bond acceptors (Lipinski definition) is 8. The second-order valence-corrected chi connectivity index (χ2v) is 6.25. The van der Waals surface area contributed by atoms with E-state index < -0.39 is 6.10 Å². The number of nitrogens with zero attached hydrogens (tertiary/aromatic N) is 3. The van der Waals surface area contributed by atoms with Crippen molar-refractivity contribution >= 4 is 23.5 Å². The van der Waals surface area contributed by atoms with Gasteiger partial charge in [-0.05, 0) is 6.42 Å². The number of anilines is 1. The monoisotopic (exact) mass is 358 g/mol. The van der Waals surface area contributed by atoms with E-state index in [2.05, 4.69) is 25.9 Å². The summed E-state index contributed by atoms with van der Waals surface area (Å²) in [6.45, 7) is 5.15. The van der Waals surface area contributed by atoms with Crippen molar-refractivity contribution < 1.29 is 19.4 Å². The number of nitrogens with one attached hydrogen (secondary N) is 1. The number of rotatable bonds is 10. The fourth-order valence-electron chi connectivity index (χ4n) is 2.32. The fourth-order valence-corrected chi connectivity index (χ4v) is 2.84. The van der Waals surface area contributed by atoms with Gasteiger partial charge in [0.1, 0.15) is 12.7 Å². The molecule has 1 unspecified atom stereocenters. The molecule has 0 aromatic carbocycles. The Bertz CT molecular complexity index is 494. The van der Waals surface area contributed by atoms with Crippen LogP contribution in [0.5, 0.6) is 5.88 Å². The van der Waals surface area contributed by atoms with Crippen LogP contribution in [0.3, 0.4) is 0 Å². The maximum Gasteiger partial charge on any atom is 0.270 e. The van der Waals surface area contributed by atoms with Crippen molar-refractivity contribution in [2.45, 2.75) is 38.7 Å². The van der Waals surface area contributed by atoms with Gasteiger partial charge in [-0.25, -0.2) is 0 Å². The molecule has 0 spiro atoms. The Morgan fingerprint density at radius 2 is 2.21 bits per heavy atom. The molecule has 1 saturated heterocycles. The minimum absolute atomic E-state index is 0.0353. The van der Waals surface area contributed by atoms with Crippen molar-refractivity contribution in [1.29, 1.82) is 0 Å². The van der Waals surface area contributed by atoms with Gasteiger partial charge in [-0.2, -0.15) is 4.37 Å². The van der Waals surface area contributed by atoms with Crippen molar-refractivity contribution in [2.75, 3.05) is 44.4 Å². The van der Waals surface area contributed by atoms with Crippen LogP contribution in [0.2, 0.25) is 0 Å². The van der Waals surface area contributed by atoms with Gasteiger partial charge in [0.25, 0.3) is 5.88 Å². The zero-order valence-corrected chi connectivity index (χ0v) is 14.9. The number of aliphatic hydroxyl groups is 1. The van der Waals surface area contributed by atoms with Crippen molar-refractivity contribution in [3.05, 3.63) is 0 Å². The lowest BCUT2D eigenvalue weighted by Crippen LogP contribution is -2.37. The van der Waals surface area contributed by atoms with E-state index in [1.165, 1.54) is 0 Å². The summed E-state index contributed by atoms with van der Waals surface area (Å²) in [5.41, 5.74) is 0. The molecular formula is C15H26N4O4S. The summed E-state index contributed by atoms with van der Waals surface area (Å²) in [4.78, 5) is 13.7. The summed E-state index contributed by atoms with van der Waals surface area (Å²) < 4.78 is 19.3. The Labute approximate surface area is 146 Å². The van der Waals surface area contributed by atoms with Gasteiger partial charge in [0, 0.05) is 26.1 Å². The van der Waals surface area contributed by atoms with E-state index >= 15 is 0 Å². The average molecular weight is 358 g/mol. The van der Waals surface area contributed by atoms with Crippen LogP contribution in [0.1, 0.15) is 32.6 Å². The minimum Gasteiger partial charge on any atom is -0.472 e. The highest BCUT2D eigenvalue weighted by atomic mass is 32.1. The van der Waals surface area contributed by atoms with Gasteiger partial charge < -0.3 is 24.8 Å². The molecule has 2 N–H and O–H groups in total. The summed E-state index contributed by atoms with van der Waals surface area (Å²) in [5.74, 6) is 1.08. The molecule has 136 valence electrons. The third-order valence-electron chi connectivity index (χ3n) is 3.71. The number of carbonyl (C=O) groups is 1. The van der Waals surface area contributed by atoms with Gasteiger partial charge in [-0.1, -0.05) is 19.8 Å². The molecule has 1 atom stereocenters. The maximum absolute atomic E-state index is 11.6. The number of unbranched alkanes of at least 4 members (excludes halogenated alkanes) is 2. The van der Waals surface area contributed by atoms with Crippen molar-refractivity contribution in [1.82, 2.24) is 14.1 Å². The number of ether oxygens (including phenoxy) is 2. The summed E-state index contributed by atoms with van der Waals surface area (Å²) in [5, 5.41) is 12.7. The van der Waals surface area contributed by atoms with Gasteiger partial charge in [0.15, 0.2) is 0 Å². The first kappa shape index (κ1) is 18.9. The zero-order valence-electron chi connectivity index (χ0n) is 14.1. The molecule has 1 fully saturated rings. The lowest BCUT2D eigenvalue weighted by atomic mass is 10.2. The summed E-state index contributed by atoms with van der Waals surface area (Å²) >= 11 is 1.08. The van der Waals surface area contributed by atoms with Gasteiger partial charge in [-0.15, -0.1) is 4.37 Å². The molecule has 1 aliphatic heterocycles. The number of morpholine rings is 1. The van der Waals surface area contributed by atoms with Crippen LogP contribution in [0, 0.1) is 0 Å². The van der Waals surface area contributed by atoms with Gasteiger partial charge >= 0.3 is 0 Å². The lowest BCUT2D eigenvalue weighted by Gasteiger charge is -2.26. The Morgan fingerprint density at radius 3 is 2.96 bits per heavy atom. The van der Waals surface area contributed by atoms with Crippen LogP contribution in [0.15, 0.2) is 0 Å². The molecule has 0 saturated carbocycles. The standard InChI is InChI=1S/C15H26N4O4S/c1-2-3-4-5-13(21)16-10-12(20)11-23-15-14(17-24-18-15)19-6-8-22-9-7-19/h12,20H,2-11H2,1H3,(H,16,21). The summed E-state index contributed by atoms with van der Waals surface area (Å²) in [6, 6.07) is 0. The predicted molar refractivity (Wildman–Crippen MR) is 91.6 cm³/mol. The van der Waals surface area contributed by atoms with Gasteiger partial charge in [0.05, 0.1) is 24.9 Å². The van der Waals surface area contributed by atoms with E-state index in [9.17, 15) is 9.90 Å². The number of carbonyl (C=O) groups excluding carboxylic acids is 1. The lowest BCUT2D eigenvalue weighted by molar-refractivity contribution is -0.121. The molecule has 9 heteroatoms. The van der Waals surface area contributed by atoms with E-state index in [0.717, 1.165) is 44.1 Å². The minimum atomic E-state index is -0.778. The largest absolute Gasteiger partial charge is 0.472 e. The van der Waals surface area contributed by atoms with Crippen LogP contribution < -0.4 is 15.0 Å². The number of hydrogen-bond donors (Lipinski definition) is 2. The molecule has 0 bridgehead atoms. The topological polar surface area (TPSA) is 96.8 Å². The molecule has 2 heterocycles. The van der Waals surface area contributed by atoms with Crippen LogP contribution in [-0.2, 0) is 9.53 Å². The van der Waals surface area contributed by atoms with Crippen molar-refractivity contribution in [2.24, 2.45) is 0 Å². The Morgan fingerprint density at radius 1 is 1.42 bits per heavy atom. The number of amides is 1. The second-order valence-electron chi connectivity index (χ2n) is 5.72. The van der Waals surface area contributed by atoms with Crippen LogP contribution >= 0.6 is 11.7 Å². The third kappa shape index (κ3) is 6.21. The van der Waals surface area contributed by atoms with Crippen LogP contribution in [0.25, 0.3) is 0 Å². The van der Waals surface area contributed by atoms with Crippen LogP contribution in [-0.4, -0.2) is 65.3 Å². The van der Waals surface area contributed by atoms with E-state index in [0.29, 0.717) is 31.3 Å². The van der Waals surface area contributed by atoms with Gasteiger partial charge in [-0.3, -0.25) is 4.79 Å². The summed E-state index contributed by atoms with van der Waals surface area (Å²) in [7, 11) is 0. The molecule has 24 heavy (non-hydrogen) atoms. The van der Waals surface area contributed by atoms with E-state index in [1.807, 2.05) is 0 Å². The maximum atomic E-state index is 11.6. The van der Waals surface area contributed by atoms with E-state index in [4.69, 9.17) is 9.47 Å². The smallest absolute Gasteiger partial charge is 0.270 e. The van der Waals surface area contributed by atoms with E-state index in [1.54, 1.807) is 0 Å². The highest BCUT2D eigenvalue weighted by molar-refractivity contribution is 6.99. The van der Waals surface area contributed by atoms with Crippen molar-refractivity contribution in [3.63, 3.8) is 0 Å². The quantitative estimate of drug-likeness (QED) is 0.597. The number of aromatic nitrogens is 2. The summed E-state index contributed by atoms with van der Waals surface area (Å²) in [6.07, 6.45) is 2.72. The second kappa shape index (κ2) is 10.4. The Balaban J connectivity index is 1.69. The molecular weight excluding hydrogens is 332 g/mol. The zero-order chi connectivity index (χ0) is 17.2. The molecule has 1 amide bonds. The highest BCUT2D eigenvalue weighted by Gasteiger charge is 2.20. The first-order chi connectivity index (χ1) is 11.7. The Kier molecular flexibility index (Phi) is 8.20. The first-order valence-corrected chi connectivity index (χ1v) is 9.16. The first-order valence-electron chi connectivity index (χ1n) is 8.43. The van der Waals surface area contributed by atoms with E-state index in [-0.39, 0.29) is 19.1 Å². The third-order valence-corrected chi connectivity index (χ3v) is 4.21. The molecule has 1 aromatic heterocycles. The molecule has 8 nitrogen and oxygen atoms in total. The SMILES string of the molecule is CCCCCC(=O)NCC(O)COc1nsnc1N1CCOCC1. The molecule has 1 aromatic rings. The molecule has 0 radical (unpaired) electrons.